The molecule has 2 aliphatic heterocycles. The summed E-state index contributed by atoms with van der Waals surface area (Å²) in [4.78, 5) is 31.8. The van der Waals surface area contributed by atoms with E-state index in [2.05, 4.69) is 18.4 Å². The van der Waals surface area contributed by atoms with Gasteiger partial charge in [0.1, 0.15) is 35.6 Å². The van der Waals surface area contributed by atoms with Crippen molar-refractivity contribution >= 4 is 11.9 Å². The lowest BCUT2D eigenvalue weighted by molar-refractivity contribution is -0.166. The maximum absolute atomic E-state index is 14.4. The fourth-order valence-electron chi connectivity index (χ4n) is 7.53. The predicted molar refractivity (Wildman–Crippen MR) is 196 cm³/mol. The first-order valence-electron chi connectivity index (χ1n) is 18.5. The van der Waals surface area contributed by atoms with Crippen molar-refractivity contribution in [1.29, 1.82) is 0 Å². The molecule has 1 unspecified atom stereocenters. The van der Waals surface area contributed by atoms with E-state index in [0.717, 1.165) is 42.2 Å². The number of ether oxygens (including phenoxy) is 3. The summed E-state index contributed by atoms with van der Waals surface area (Å²) in [5.74, 6) is -1.66. The molecule has 0 aliphatic carbocycles. The Kier molecular flexibility index (Phi) is 14.4. The minimum absolute atomic E-state index is 0.0589. The summed E-state index contributed by atoms with van der Waals surface area (Å²) >= 11 is 0. The van der Waals surface area contributed by atoms with Crippen LogP contribution in [0.4, 0.5) is 8.78 Å². The molecule has 0 aromatic heterocycles. The Bertz CT molecular complexity index is 1590. The highest BCUT2D eigenvalue weighted by Crippen LogP contribution is 2.31. The molecule has 0 bridgehead atoms. The zero-order valence-electron chi connectivity index (χ0n) is 30.3. The third kappa shape index (κ3) is 10.5. The first kappa shape index (κ1) is 39.1. The molecule has 2 heterocycles. The monoisotopic (exact) mass is 718 g/mol. The average molecular weight is 719 g/mol. The van der Waals surface area contributed by atoms with E-state index in [9.17, 15) is 23.5 Å². The van der Waals surface area contributed by atoms with Crippen LogP contribution in [0.15, 0.2) is 85.5 Å². The van der Waals surface area contributed by atoms with Gasteiger partial charge >= 0.3 is 5.97 Å². The summed E-state index contributed by atoms with van der Waals surface area (Å²) in [5.41, 5.74) is 2.24. The molecule has 3 aromatic carbocycles. The predicted octanol–water partition coefficient (Wildman–Crippen LogP) is 6.67. The van der Waals surface area contributed by atoms with Gasteiger partial charge in [-0.05, 0) is 73.1 Å². The molecule has 0 radical (unpaired) electrons. The topological polar surface area (TPSA) is 88.5 Å². The molecule has 5 rings (SSSR count). The summed E-state index contributed by atoms with van der Waals surface area (Å²) in [6.07, 6.45) is 3.48. The molecule has 10 heteroatoms. The third-order valence-corrected chi connectivity index (χ3v) is 10.3. The summed E-state index contributed by atoms with van der Waals surface area (Å²) in [5, 5.41) is 12.2. The van der Waals surface area contributed by atoms with Crippen molar-refractivity contribution in [2.75, 3.05) is 26.8 Å². The summed E-state index contributed by atoms with van der Waals surface area (Å²) in [7, 11) is 1.60. The molecule has 2 saturated heterocycles. The Hall–Kier alpha value is -4.12. The minimum atomic E-state index is -1.26. The highest BCUT2D eigenvalue weighted by molar-refractivity contribution is 5.87. The minimum Gasteiger partial charge on any atom is -0.497 e. The number of hydrogen-bond donors (Lipinski definition) is 1. The smallest absolute Gasteiger partial charge is 0.329 e. The molecule has 8 nitrogen and oxygen atoms in total. The highest BCUT2D eigenvalue weighted by atomic mass is 19.1. The Labute approximate surface area is 306 Å². The van der Waals surface area contributed by atoms with E-state index in [1.54, 1.807) is 18.1 Å². The number of esters is 1. The van der Waals surface area contributed by atoms with E-state index >= 15 is 0 Å². The van der Waals surface area contributed by atoms with Crippen molar-refractivity contribution in [2.24, 2.45) is 5.92 Å². The molecule has 1 amide bonds. The standard InChI is InChI=1S/C42H52F2N2O6/c1-4-6-12-32-19-20-46(41(32)48)37(18-15-29-10-8-7-9-11-29)42(49)52-39(24-31-22-33(43)25-34(44)23-31)40(47)38-26-36(51-21-5-2)28-45(38)27-30-13-16-35(50-3)17-14-30/h5,7-11,13-14,16-17,22-23,25,32,36-40,47H,2,4,6,12,15,18-21,24,26-28H2,1,3H3/t32-,36+,37?,38+,39-,40-/m0/s1. The Morgan fingerprint density at radius 1 is 1.04 bits per heavy atom. The number of halogens is 2. The van der Waals surface area contributed by atoms with Gasteiger partial charge in [0.2, 0.25) is 5.91 Å². The van der Waals surface area contributed by atoms with Crippen molar-refractivity contribution in [3.8, 4) is 5.75 Å². The molecular formula is C42H52F2N2O6. The van der Waals surface area contributed by atoms with Gasteiger partial charge in [0.05, 0.1) is 19.8 Å². The fraction of sp³-hybridized carbons (Fsp3) is 0.476. The van der Waals surface area contributed by atoms with Crippen LogP contribution in [0.25, 0.3) is 0 Å². The molecule has 0 spiro atoms. The van der Waals surface area contributed by atoms with Crippen molar-refractivity contribution in [3.05, 3.63) is 114 Å². The van der Waals surface area contributed by atoms with Crippen LogP contribution >= 0.6 is 0 Å². The Morgan fingerprint density at radius 3 is 2.44 bits per heavy atom. The molecule has 3 aromatic rings. The van der Waals surface area contributed by atoms with Gasteiger partial charge in [-0.15, -0.1) is 6.58 Å². The Balaban J connectivity index is 1.43. The van der Waals surface area contributed by atoms with Crippen LogP contribution in [0.3, 0.4) is 0 Å². The van der Waals surface area contributed by atoms with Crippen molar-refractivity contribution in [1.82, 2.24) is 9.80 Å². The maximum Gasteiger partial charge on any atom is 0.329 e. The molecule has 6 atom stereocenters. The van der Waals surface area contributed by atoms with Gasteiger partial charge in [-0.1, -0.05) is 68.3 Å². The first-order chi connectivity index (χ1) is 25.2. The molecule has 0 saturated carbocycles. The van der Waals surface area contributed by atoms with Crippen LogP contribution in [-0.2, 0) is 38.4 Å². The number of likely N-dealkylation sites (tertiary alicyclic amines) is 2. The lowest BCUT2D eigenvalue weighted by Gasteiger charge is -2.35. The SMILES string of the molecule is C=CCO[C@@H]1C[C@H]([C@H](O)[C@H](Cc2cc(F)cc(F)c2)OC(=O)C(CCc2ccccc2)N2CC[C@H](CCCC)C2=O)N(Cc2ccc(OC)cc2)C1. The van der Waals surface area contributed by atoms with E-state index in [0.29, 0.717) is 51.9 Å². The van der Waals surface area contributed by atoms with Crippen LogP contribution in [0, 0.1) is 17.6 Å². The van der Waals surface area contributed by atoms with Gasteiger partial charge < -0.3 is 24.2 Å². The van der Waals surface area contributed by atoms with Crippen molar-refractivity contribution in [2.45, 2.75) is 95.2 Å². The zero-order valence-corrected chi connectivity index (χ0v) is 30.3. The second kappa shape index (κ2) is 19.1. The number of benzene rings is 3. The largest absolute Gasteiger partial charge is 0.497 e. The number of aliphatic hydroxyl groups excluding tert-OH is 1. The van der Waals surface area contributed by atoms with E-state index in [-0.39, 0.29) is 29.9 Å². The normalized spacial score (nSPS) is 20.8. The lowest BCUT2D eigenvalue weighted by atomic mass is 9.96. The number of unbranched alkanes of at least 4 members (excludes halogenated alkanes) is 1. The summed E-state index contributed by atoms with van der Waals surface area (Å²) < 4.78 is 46.5. The number of aryl methyl sites for hydroxylation is 1. The number of rotatable bonds is 19. The van der Waals surface area contributed by atoms with Crippen LogP contribution in [0.2, 0.25) is 0 Å². The number of nitrogens with zero attached hydrogens (tertiary/aromatic N) is 2. The fourth-order valence-corrected chi connectivity index (χ4v) is 7.53. The van der Waals surface area contributed by atoms with Crippen LogP contribution in [0.5, 0.6) is 5.75 Å². The van der Waals surface area contributed by atoms with Gasteiger partial charge in [-0.3, -0.25) is 9.69 Å². The van der Waals surface area contributed by atoms with E-state index in [1.165, 1.54) is 12.1 Å². The molecule has 52 heavy (non-hydrogen) atoms. The Morgan fingerprint density at radius 2 is 1.77 bits per heavy atom. The third-order valence-electron chi connectivity index (χ3n) is 10.3. The van der Waals surface area contributed by atoms with Crippen LogP contribution in [-0.4, -0.2) is 84.0 Å². The van der Waals surface area contributed by atoms with Crippen molar-refractivity contribution < 1.29 is 37.7 Å². The summed E-state index contributed by atoms with van der Waals surface area (Å²) in [6, 6.07) is 19.1. The second-order valence-electron chi connectivity index (χ2n) is 14.0. The van der Waals surface area contributed by atoms with Gasteiger partial charge in [-0.2, -0.15) is 0 Å². The first-order valence-corrected chi connectivity index (χ1v) is 18.5. The number of amides is 1. The number of carbonyl (C=O) groups is 2. The van der Waals surface area contributed by atoms with Crippen LogP contribution < -0.4 is 4.74 Å². The van der Waals surface area contributed by atoms with Gasteiger partial charge in [0, 0.05) is 44.1 Å². The molecular weight excluding hydrogens is 666 g/mol. The zero-order chi connectivity index (χ0) is 37.0. The quantitative estimate of drug-likeness (QED) is 0.109. The number of methoxy groups -OCH3 is 1. The average Bonchev–Trinajstić information content (AvgIpc) is 3.71. The van der Waals surface area contributed by atoms with Gasteiger partial charge in [-0.25, -0.2) is 13.6 Å². The van der Waals surface area contributed by atoms with Crippen molar-refractivity contribution in [3.63, 3.8) is 0 Å². The second-order valence-corrected chi connectivity index (χ2v) is 14.0. The molecule has 2 aliphatic rings. The lowest BCUT2D eigenvalue weighted by Crippen LogP contribution is -2.50. The van der Waals surface area contributed by atoms with Gasteiger partial charge in [0.15, 0.2) is 0 Å². The van der Waals surface area contributed by atoms with E-state index in [4.69, 9.17) is 14.2 Å². The molecule has 2 fully saturated rings. The number of hydrogen-bond acceptors (Lipinski definition) is 7. The molecule has 1 N–H and O–H groups in total. The van der Waals surface area contributed by atoms with E-state index in [1.807, 2.05) is 54.6 Å². The number of carbonyl (C=O) groups excluding carboxylic acids is 2. The highest BCUT2D eigenvalue weighted by Gasteiger charge is 2.44. The number of aliphatic hydroxyl groups is 1. The molecule has 280 valence electrons. The van der Waals surface area contributed by atoms with E-state index < -0.39 is 41.9 Å². The summed E-state index contributed by atoms with van der Waals surface area (Å²) in [6.45, 7) is 7.58. The van der Waals surface area contributed by atoms with Gasteiger partial charge in [0.25, 0.3) is 0 Å². The maximum atomic E-state index is 14.4. The van der Waals surface area contributed by atoms with Crippen LogP contribution in [0.1, 0.15) is 62.1 Å².